The number of nitrogens with one attached hydrogen (secondary N) is 1. The first-order valence-electron chi connectivity index (χ1n) is 5.31. The Morgan fingerprint density at radius 2 is 2.00 bits per heavy atom. The van der Waals surface area contributed by atoms with Crippen molar-refractivity contribution in [3.63, 3.8) is 0 Å². The number of halogens is 1. The molecule has 1 fully saturated rings. The lowest BCUT2D eigenvalue weighted by molar-refractivity contribution is -0.141. The van der Waals surface area contributed by atoms with Gasteiger partial charge in [0.2, 0.25) is 0 Å². The lowest BCUT2D eigenvalue weighted by Crippen LogP contribution is -2.37. The number of amides is 1. The fourth-order valence-electron chi connectivity index (χ4n) is 1.64. The smallest absolute Gasteiger partial charge is 0.410 e. The van der Waals surface area contributed by atoms with Crippen LogP contribution in [-0.2, 0) is 9.53 Å². The minimum Gasteiger partial charge on any atom is -0.481 e. The molecule has 0 aromatic carbocycles. The van der Waals surface area contributed by atoms with Crippen LogP contribution in [0.1, 0.15) is 20.8 Å². The van der Waals surface area contributed by atoms with Gasteiger partial charge < -0.3 is 14.7 Å². The number of nitrogens with zero attached hydrogens (tertiary/aromatic N) is 1. The van der Waals surface area contributed by atoms with Gasteiger partial charge in [-0.3, -0.25) is 4.79 Å². The summed E-state index contributed by atoms with van der Waals surface area (Å²) in [7, 11) is 0. The van der Waals surface area contributed by atoms with Crippen molar-refractivity contribution >= 4 is 23.8 Å². The van der Waals surface area contributed by atoms with Gasteiger partial charge in [0.05, 0.1) is 12.0 Å². The van der Waals surface area contributed by atoms with Gasteiger partial charge in [-0.25, -0.2) is 9.63 Å². The predicted octanol–water partition coefficient (Wildman–Crippen LogP) is 1.05. The minimum atomic E-state index is -0.978. The van der Waals surface area contributed by atoms with Crippen LogP contribution in [0.3, 0.4) is 0 Å². The third kappa shape index (κ3) is 3.74. The van der Waals surface area contributed by atoms with Crippen LogP contribution >= 0.6 is 11.8 Å². The predicted molar refractivity (Wildman–Crippen MR) is 61.7 cm³/mol. The molecule has 1 rings (SSSR count). The maximum absolute atomic E-state index is 11.7. The van der Waals surface area contributed by atoms with Gasteiger partial charge in [0.15, 0.2) is 0 Å². The maximum Gasteiger partial charge on any atom is 0.410 e. The van der Waals surface area contributed by atoms with Crippen molar-refractivity contribution < 1.29 is 19.4 Å². The van der Waals surface area contributed by atoms with Crippen LogP contribution in [0.15, 0.2) is 0 Å². The van der Waals surface area contributed by atoms with Crippen LogP contribution in [0, 0.1) is 5.92 Å². The van der Waals surface area contributed by atoms with Crippen molar-refractivity contribution in [1.82, 2.24) is 9.74 Å². The Hall–Kier alpha value is -1.01. The molecule has 6 nitrogen and oxygen atoms in total. The fourth-order valence-corrected chi connectivity index (χ4v) is 1.86. The van der Waals surface area contributed by atoms with Gasteiger partial charge >= 0.3 is 12.1 Å². The number of hydrogen-bond acceptors (Lipinski definition) is 4. The second-order valence-electron chi connectivity index (χ2n) is 5.05. The van der Waals surface area contributed by atoms with Gasteiger partial charge in [-0.15, -0.1) is 0 Å². The molecule has 1 saturated heterocycles. The maximum atomic E-state index is 11.7. The molecule has 1 heterocycles. The summed E-state index contributed by atoms with van der Waals surface area (Å²) < 4.78 is 5.17. The van der Waals surface area contributed by atoms with Crippen LogP contribution in [0.2, 0.25) is 0 Å². The van der Waals surface area contributed by atoms with E-state index in [1.165, 1.54) is 4.90 Å². The highest BCUT2D eigenvalue weighted by molar-refractivity contribution is 6.13. The van der Waals surface area contributed by atoms with E-state index in [9.17, 15) is 9.59 Å². The van der Waals surface area contributed by atoms with Gasteiger partial charge in [-0.2, -0.15) is 0 Å². The van der Waals surface area contributed by atoms with E-state index in [0.717, 1.165) is 0 Å². The molecule has 1 amide bonds. The number of carboxylic acids is 1. The Morgan fingerprint density at radius 1 is 1.41 bits per heavy atom. The first-order valence-corrected chi connectivity index (χ1v) is 5.69. The van der Waals surface area contributed by atoms with E-state index in [2.05, 4.69) is 4.84 Å². The van der Waals surface area contributed by atoms with E-state index < -0.39 is 29.6 Å². The molecular weight excluding hydrogens is 248 g/mol. The number of ether oxygens (including phenoxy) is 1. The molecule has 0 aromatic heterocycles. The van der Waals surface area contributed by atoms with E-state index in [-0.39, 0.29) is 13.1 Å². The van der Waals surface area contributed by atoms with E-state index in [0.29, 0.717) is 0 Å². The molecule has 7 heteroatoms. The number of aliphatic carboxylic acids is 1. The molecule has 0 bridgehead atoms. The van der Waals surface area contributed by atoms with Crippen molar-refractivity contribution in [1.29, 1.82) is 0 Å². The third-order valence-corrected chi connectivity index (χ3v) is 2.71. The Kier molecular flexibility index (Phi) is 4.21. The third-order valence-electron chi connectivity index (χ3n) is 2.43. The minimum absolute atomic E-state index is 0.106. The van der Waals surface area contributed by atoms with Crippen LogP contribution in [0.4, 0.5) is 4.79 Å². The highest BCUT2D eigenvalue weighted by Crippen LogP contribution is 2.20. The lowest BCUT2D eigenvalue weighted by Gasteiger charge is -2.24. The Bertz CT molecular complexity index is 316. The molecule has 0 saturated carbocycles. The van der Waals surface area contributed by atoms with Crippen molar-refractivity contribution in [2.75, 3.05) is 13.1 Å². The molecule has 0 spiro atoms. The quantitative estimate of drug-likeness (QED) is 0.729. The number of carbonyl (C=O) groups excluding carboxylic acids is 1. The van der Waals surface area contributed by atoms with E-state index in [1.54, 1.807) is 20.8 Å². The zero-order valence-corrected chi connectivity index (χ0v) is 10.8. The zero-order chi connectivity index (χ0) is 13.2. The molecular formula is C10H17ClN2O4. The van der Waals surface area contributed by atoms with Crippen LogP contribution in [0.25, 0.3) is 0 Å². The van der Waals surface area contributed by atoms with E-state index in [4.69, 9.17) is 21.6 Å². The van der Waals surface area contributed by atoms with E-state index in [1.807, 2.05) is 0 Å². The molecule has 17 heavy (non-hydrogen) atoms. The van der Waals surface area contributed by atoms with Gasteiger partial charge in [-0.05, 0) is 32.5 Å². The molecule has 0 radical (unpaired) electrons. The van der Waals surface area contributed by atoms with Gasteiger partial charge in [0.1, 0.15) is 5.60 Å². The highest BCUT2D eigenvalue weighted by atomic mass is 35.5. The first-order chi connectivity index (χ1) is 7.74. The molecule has 0 aliphatic carbocycles. The molecule has 1 aliphatic rings. The van der Waals surface area contributed by atoms with Crippen molar-refractivity contribution in [2.45, 2.75) is 32.4 Å². The number of carboxylic acid groups (broad SMARTS) is 1. The Morgan fingerprint density at radius 3 is 2.35 bits per heavy atom. The molecule has 0 aromatic rings. The van der Waals surface area contributed by atoms with Crippen molar-refractivity contribution in [3.05, 3.63) is 0 Å². The summed E-state index contributed by atoms with van der Waals surface area (Å²) in [5.41, 5.74) is -0.595. The van der Waals surface area contributed by atoms with Crippen LogP contribution in [0.5, 0.6) is 0 Å². The largest absolute Gasteiger partial charge is 0.481 e. The molecule has 0 unspecified atom stereocenters. The fraction of sp³-hybridized carbons (Fsp3) is 0.800. The number of rotatable bonds is 2. The highest BCUT2D eigenvalue weighted by Gasteiger charge is 2.40. The summed E-state index contributed by atoms with van der Waals surface area (Å²) in [5.74, 6) is -1.69. The summed E-state index contributed by atoms with van der Waals surface area (Å²) >= 11 is 5.46. The van der Waals surface area contributed by atoms with E-state index >= 15 is 0 Å². The second kappa shape index (κ2) is 5.10. The second-order valence-corrected chi connectivity index (χ2v) is 5.26. The summed E-state index contributed by atoms with van der Waals surface area (Å²) in [4.78, 5) is 26.4. The monoisotopic (exact) mass is 264 g/mol. The summed E-state index contributed by atoms with van der Waals surface area (Å²) in [6.07, 6.45) is -0.516. The number of carbonyl (C=O) groups is 2. The molecule has 2 atom stereocenters. The van der Waals surface area contributed by atoms with Crippen LogP contribution in [-0.4, -0.2) is 46.8 Å². The topological polar surface area (TPSA) is 78.9 Å². The number of likely N-dealkylation sites (tertiary alicyclic amines) is 1. The number of hydrogen-bond donors (Lipinski definition) is 2. The first kappa shape index (κ1) is 14.1. The SMILES string of the molecule is CC(C)(C)OC(=O)N1C[C@@H](NCl)[C@H](C(=O)O)C1. The Labute approximate surface area is 105 Å². The van der Waals surface area contributed by atoms with Gasteiger partial charge in [-0.1, -0.05) is 0 Å². The lowest BCUT2D eigenvalue weighted by atomic mass is 10.1. The average Bonchev–Trinajstić information content (AvgIpc) is 2.58. The normalized spacial score (nSPS) is 24.8. The van der Waals surface area contributed by atoms with Crippen molar-refractivity contribution in [3.8, 4) is 0 Å². The molecule has 98 valence electrons. The summed E-state index contributed by atoms with van der Waals surface area (Å²) in [6, 6.07) is -0.457. The van der Waals surface area contributed by atoms with Gasteiger partial charge in [0, 0.05) is 13.1 Å². The van der Waals surface area contributed by atoms with Crippen molar-refractivity contribution in [2.24, 2.45) is 5.92 Å². The summed E-state index contributed by atoms with van der Waals surface area (Å²) in [5, 5.41) is 8.97. The average molecular weight is 265 g/mol. The molecule has 2 N–H and O–H groups in total. The zero-order valence-electron chi connectivity index (χ0n) is 10.1. The summed E-state index contributed by atoms with van der Waals surface area (Å²) in [6.45, 7) is 5.61. The van der Waals surface area contributed by atoms with Gasteiger partial charge in [0.25, 0.3) is 0 Å². The Balaban J connectivity index is 2.64. The molecule has 1 aliphatic heterocycles. The standard InChI is InChI=1S/C10H17ClN2O4/c1-10(2,3)17-9(16)13-4-6(8(14)15)7(5-13)12-11/h6-7,12H,4-5H2,1-3H3,(H,14,15)/t6-,7-/m1/s1. The van der Waals surface area contributed by atoms with Crippen LogP contribution < -0.4 is 4.84 Å².